The van der Waals surface area contributed by atoms with Crippen molar-refractivity contribution in [3.05, 3.63) is 52.1 Å². The van der Waals surface area contributed by atoms with Gasteiger partial charge in [0.05, 0.1) is 10.6 Å². The number of hydrogen-bond donors (Lipinski definition) is 2. The molecule has 0 atom stereocenters. The third-order valence-electron chi connectivity index (χ3n) is 5.20. The number of anilines is 2. The molecule has 0 saturated carbocycles. The number of carbonyl (C=O) groups excluding carboxylic acids is 2. The van der Waals surface area contributed by atoms with E-state index in [4.69, 9.17) is 23.2 Å². The summed E-state index contributed by atoms with van der Waals surface area (Å²) in [6.45, 7) is 6.15. The first kappa shape index (κ1) is 22.4. The highest BCUT2D eigenvalue weighted by Gasteiger charge is 2.24. The Bertz CT molecular complexity index is 895. The highest BCUT2D eigenvalue weighted by molar-refractivity contribution is 6.31. The zero-order chi connectivity index (χ0) is 21.7. The lowest BCUT2D eigenvalue weighted by atomic mass is 9.95. The summed E-state index contributed by atoms with van der Waals surface area (Å²) in [6, 6.07) is 8.51. The highest BCUT2D eigenvalue weighted by Crippen LogP contribution is 2.24. The molecule has 0 radical (unpaired) electrons. The number of nitrogens with one attached hydrogen (secondary N) is 2. The van der Waals surface area contributed by atoms with Crippen LogP contribution in [-0.2, 0) is 4.79 Å². The molecule has 2 N–H and O–H groups in total. The molecule has 2 amide bonds. The summed E-state index contributed by atoms with van der Waals surface area (Å²) in [5.41, 5.74) is 1.17. The third kappa shape index (κ3) is 5.86. The van der Waals surface area contributed by atoms with Crippen LogP contribution < -0.4 is 10.6 Å². The molecule has 0 spiro atoms. The second-order valence-electron chi connectivity index (χ2n) is 7.81. The Morgan fingerprint density at radius 1 is 1.13 bits per heavy atom. The summed E-state index contributed by atoms with van der Waals surface area (Å²) in [7, 11) is 0. The molecule has 2 aromatic rings. The molecule has 1 saturated heterocycles. The zero-order valence-corrected chi connectivity index (χ0v) is 18.6. The predicted molar refractivity (Wildman–Crippen MR) is 121 cm³/mol. The minimum atomic E-state index is -0.299. The number of piperidine rings is 1. The molecule has 30 heavy (non-hydrogen) atoms. The molecule has 1 aromatic heterocycles. The monoisotopic (exact) mass is 448 g/mol. The van der Waals surface area contributed by atoms with Gasteiger partial charge in [-0.2, -0.15) is 0 Å². The lowest BCUT2D eigenvalue weighted by molar-refractivity contribution is -0.135. The number of likely N-dealkylation sites (tertiary alicyclic amines) is 1. The first-order chi connectivity index (χ1) is 14.3. The first-order valence-electron chi connectivity index (χ1n) is 10.1. The van der Waals surface area contributed by atoms with Crippen LogP contribution in [0.15, 0.2) is 36.5 Å². The molecule has 6 nitrogen and oxygen atoms in total. The average Bonchev–Trinajstić information content (AvgIpc) is 2.74. The van der Waals surface area contributed by atoms with Crippen LogP contribution in [-0.4, -0.2) is 41.3 Å². The van der Waals surface area contributed by atoms with Crippen LogP contribution in [0.5, 0.6) is 0 Å². The Morgan fingerprint density at radius 3 is 2.47 bits per heavy atom. The lowest BCUT2D eigenvalue weighted by Gasteiger charge is -2.33. The van der Waals surface area contributed by atoms with Gasteiger partial charge in [0.2, 0.25) is 5.91 Å². The van der Waals surface area contributed by atoms with E-state index in [1.165, 1.54) is 6.20 Å². The minimum absolute atomic E-state index is 0.0324. The number of aromatic nitrogens is 1. The summed E-state index contributed by atoms with van der Waals surface area (Å²) < 4.78 is 0. The van der Waals surface area contributed by atoms with Gasteiger partial charge < -0.3 is 15.5 Å². The fourth-order valence-electron chi connectivity index (χ4n) is 3.47. The highest BCUT2D eigenvalue weighted by atomic mass is 35.5. The number of amides is 2. The molecule has 1 fully saturated rings. The summed E-state index contributed by atoms with van der Waals surface area (Å²) in [4.78, 5) is 31.0. The molecule has 0 unspecified atom stereocenters. The van der Waals surface area contributed by atoms with Crippen molar-refractivity contribution in [1.29, 1.82) is 0 Å². The molecule has 0 bridgehead atoms. The third-order valence-corrected chi connectivity index (χ3v) is 5.66. The number of rotatable bonds is 6. The molecule has 1 aliphatic heterocycles. The van der Waals surface area contributed by atoms with Crippen molar-refractivity contribution in [3.8, 4) is 0 Å². The second-order valence-corrected chi connectivity index (χ2v) is 8.68. The van der Waals surface area contributed by atoms with Gasteiger partial charge in [-0.25, -0.2) is 4.98 Å². The van der Waals surface area contributed by atoms with Gasteiger partial charge in [-0.1, -0.05) is 37.0 Å². The Hall–Kier alpha value is -2.31. The number of halogens is 2. The SMILES string of the molecule is CC(C)C(=O)N1CCC(CNc2ccc(Cl)cc2C(=O)Nc2ccc(Cl)cn2)CC1. The summed E-state index contributed by atoms with van der Waals surface area (Å²) >= 11 is 12.0. The van der Waals surface area contributed by atoms with Crippen molar-refractivity contribution in [1.82, 2.24) is 9.88 Å². The van der Waals surface area contributed by atoms with Crippen molar-refractivity contribution in [2.75, 3.05) is 30.3 Å². The maximum Gasteiger partial charge on any atom is 0.258 e. The minimum Gasteiger partial charge on any atom is -0.384 e. The average molecular weight is 449 g/mol. The number of nitrogens with zero attached hydrogens (tertiary/aromatic N) is 2. The number of hydrogen-bond acceptors (Lipinski definition) is 4. The normalized spacial score (nSPS) is 14.6. The lowest BCUT2D eigenvalue weighted by Crippen LogP contribution is -2.41. The maximum absolute atomic E-state index is 12.8. The Morgan fingerprint density at radius 2 is 1.83 bits per heavy atom. The molecular formula is C22H26Cl2N4O2. The van der Waals surface area contributed by atoms with Gasteiger partial charge in [0.25, 0.3) is 5.91 Å². The number of pyridine rings is 1. The standard InChI is InChI=1S/C22H26Cl2N4O2/c1-14(2)22(30)28-9-7-15(8-10-28)12-25-19-5-3-16(23)11-18(19)21(29)27-20-6-4-17(24)13-26-20/h3-6,11,13-15,25H,7-10,12H2,1-2H3,(H,26,27,29). The number of benzene rings is 1. The van der Waals surface area contributed by atoms with E-state index in [0.29, 0.717) is 33.0 Å². The molecular weight excluding hydrogens is 423 g/mol. The van der Waals surface area contributed by atoms with Crippen molar-refractivity contribution < 1.29 is 9.59 Å². The fraction of sp³-hybridized carbons (Fsp3) is 0.409. The van der Waals surface area contributed by atoms with E-state index in [2.05, 4.69) is 15.6 Å². The molecule has 1 aliphatic rings. The molecule has 2 heterocycles. The van der Waals surface area contributed by atoms with E-state index in [1.807, 2.05) is 24.8 Å². The van der Waals surface area contributed by atoms with Crippen LogP contribution in [0, 0.1) is 11.8 Å². The molecule has 160 valence electrons. The van der Waals surface area contributed by atoms with Gasteiger partial charge in [0.15, 0.2) is 0 Å². The van der Waals surface area contributed by atoms with Crippen LogP contribution in [0.2, 0.25) is 10.0 Å². The van der Waals surface area contributed by atoms with Crippen molar-refractivity contribution in [3.63, 3.8) is 0 Å². The van der Waals surface area contributed by atoms with E-state index in [9.17, 15) is 9.59 Å². The van der Waals surface area contributed by atoms with Crippen LogP contribution in [0.1, 0.15) is 37.0 Å². The Kier molecular flexibility index (Phi) is 7.56. The topological polar surface area (TPSA) is 74.3 Å². The molecule has 1 aromatic carbocycles. The van der Waals surface area contributed by atoms with E-state index in [-0.39, 0.29) is 17.7 Å². The van der Waals surface area contributed by atoms with Crippen LogP contribution >= 0.6 is 23.2 Å². The van der Waals surface area contributed by atoms with Crippen LogP contribution in [0.4, 0.5) is 11.5 Å². The van der Waals surface area contributed by atoms with Gasteiger partial charge in [-0.3, -0.25) is 9.59 Å². The van der Waals surface area contributed by atoms with Gasteiger partial charge in [-0.15, -0.1) is 0 Å². The summed E-state index contributed by atoms with van der Waals surface area (Å²) in [5.74, 6) is 0.800. The maximum atomic E-state index is 12.8. The van der Waals surface area contributed by atoms with Gasteiger partial charge in [0, 0.05) is 42.5 Å². The van der Waals surface area contributed by atoms with Gasteiger partial charge in [0.1, 0.15) is 5.82 Å². The van der Waals surface area contributed by atoms with E-state index < -0.39 is 0 Å². The van der Waals surface area contributed by atoms with Crippen molar-refractivity contribution >= 4 is 46.5 Å². The smallest absolute Gasteiger partial charge is 0.258 e. The van der Waals surface area contributed by atoms with Crippen molar-refractivity contribution in [2.45, 2.75) is 26.7 Å². The molecule has 3 rings (SSSR count). The van der Waals surface area contributed by atoms with E-state index in [0.717, 1.165) is 32.5 Å². The molecule has 8 heteroatoms. The van der Waals surface area contributed by atoms with Crippen LogP contribution in [0.25, 0.3) is 0 Å². The van der Waals surface area contributed by atoms with Gasteiger partial charge >= 0.3 is 0 Å². The van der Waals surface area contributed by atoms with Crippen LogP contribution in [0.3, 0.4) is 0 Å². The second kappa shape index (κ2) is 10.1. The number of carbonyl (C=O) groups is 2. The Labute approximate surface area is 187 Å². The summed E-state index contributed by atoms with van der Waals surface area (Å²) in [6.07, 6.45) is 3.36. The predicted octanol–water partition coefficient (Wildman–Crippen LogP) is 4.95. The largest absolute Gasteiger partial charge is 0.384 e. The van der Waals surface area contributed by atoms with E-state index >= 15 is 0 Å². The Balaban J connectivity index is 1.61. The quantitative estimate of drug-likeness (QED) is 0.655. The van der Waals surface area contributed by atoms with Gasteiger partial charge in [-0.05, 0) is 49.1 Å². The van der Waals surface area contributed by atoms with E-state index in [1.54, 1.807) is 24.3 Å². The van der Waals surface area contributed by atoms with Crippen molar-refractivity contribution in [2.24, 2.45) is 11.8 Å². The first-order valence-corrected chi connectivity index (χ1v) is 10.8. The zero-order valence-electron chi connectivity index (χ0n) is 17.1. The molecule has 0 aliphatic carbocycles. The summed E-state index contributed by atoms with van der Waals surface area (Å²) in [5, 5.41) is 7.14. The fourth-order valence-corrected chi connectivity index (χ4v) is 3.75.